The van der Waals surface area contributed by atoms with E-state index in [4.69, 9.17) is 14.3 Å². The van der Waals surface area contributed by atoms with E-state index in [1.165, 1.54) is 19.2 Å². The van der Waals surface area contributed by atoms with Gasteiger partial charge in [0, 0.05) is 18.1 Å². The molecule has 6 nitrogen and oxygen atoms in total. The molecule has 1 aliphatic rings. The summed E-state index contributed by atoms with van der Waals surface area (Å²) in [5.41, 5.74) is 3.39. The lowest BCUT2D eigenvalue weighted by molar-refractivity contribution is -0.0500. The Morgan fingerprint density at radius 1 is 1.09 bits per heavy atom. The molecule has 0 amide bonds. The molecule has 0 N–H and O–H groups in total. The number of benzene rings is 3. The van der Waals surface area contributed by atoms with E-state index in [0.717, 1.165) is 11.1 Å². The number of carbonyl (C=O) groups excluding carboxylic acids is 1. The van der Waals surface area contributed by atoms with E-state index >= 15 is 0 Å². The molecule has 3 aromatic carbocycles. The van der Waals surface area contributed by atoms with E-state index in [1.54, 1.807) is 30.3 Å². The lowest BCUT2D eigenvalue weighted by atomic mass is 9.95. The molecule has 1 aliphatic heterocycles. The first-order chi connectivity index (χ1) is 16.0. The summed E-state index contributed by atoms with van der Waals surface area (Å²) >= 11 is 0. The van der Waals surface area contributed by atoms with Gasteiger partial charge in [-0.25, -0.2) is 4.79 Å². The molecule has 0 unspecified atom stereocenters. The van der Waals surface area contributed by atoms with Gasteiger partial charge in [-0.3, -0.25) is 0 Å². The van der Waals surface area contributed by atoms with Crippen molar-refractivity contribution in [2.75, 3.05) is 7.11 Å². The van der Waals surface area contributed by atoms with Gasteiger partial charge in [0.05, 0.1) is 18.4 Å². The van der Waals surface area contributed by atoms with Crippen LogP contribution in [0.4, 0.5) is 8.78 Å². The molecule has 170 valence electrons. The summed E-state index contributed by atoms with van der Waals surface area (Å²) < 4.78 is 40.7. The zero-order valence-electron chi connectivity index (χ0n) is 17.7. The normalized spacial score (nSPS) is 16.1. The van der Waals surface area contributed by atoms with Crippen LogP contribution in [-0.2, 0) is 16.2 Å². The minimum atomic E-state index is -2.95. The highest BCUT2D eigenvalue weighted by molar-refractivity contribution is 6.04. The minimum absolute atomic E-state index is 0.0185. The van der Waals surface area contributed by atoms with E-state index in [-0.39, 0.29) is 12.4 Å². The third-order valence-corrected chi connectivity index (χ3v) is 5.09. The second kappa shape index (κ2) is 10.1. The summed E-state index contributed by atoms with van der Waals surface area (Å²) in [5.74, 6) is -0.111. The quantitative estimate of drug-likeness (QED) is 0.348. The van der Waals surface area contributed by atoms with Crippen LogP contribution in [0.3, 0.4) is 0 Å². The molecule has 0 spiro atoms. The molecule has 0 fully saturated rings. The number of carbonyl (C=O) groups is 1. The second-order valence-corrected chi connectivity index (χ2v) is 7.26. The minimum Gasteiger partial charge on any atom is -0.484 e. The van der Waals surface area contributed by atoms with Gasteiger partial charge in [-0.05, 0) is 35.4 Å². The van der Waals surface area contributed by atoms with Crippen molar-refractivity contribution in [1.82, 2.24) is 0 Å². The smallest absolute Gasteiger partial charge is 0.387 e. The van der Waals surface area contributed by atoms with E-state index < -0.39 is 18.7 Å². The van der Waals surface area contributed by atoms with Gasteiger partial charge in [-0.15, -0.1) is 0 Å². The van der Waals surface area contributed by atoms with Crippen molar-refractivity contribution in [2.45, 2.75) is 25.7 Å². The molecule has 0 radical (unpaired) electrons. The molecule has 8 heteroatoms. The molecule has 0 aliphatic carbocycles. The van der Waals surface area contributed by atoms with Crippen LogP contribution in [0.25, 0.3) is 0 Å². The van der Waals surface area contributed by atoms with E-state index in [9.17, 15) is 13.6 Å². The number of ether oxygens (including phenoxy) is 3. The van der Waals surface area contributed by atoms with Crippen LogP contribution in [0.15, 0.2) is 78.0 Å². The molecule has 0 saturated heterocycles. The number of oxime groups is 1. The third kappa shape index (κ3) is 5.46. The summed E-state index contributed by atoms with van der Waals surface area (Å²) in [6.45, 7) is -2.67. The average molecular weight is 453 g/mol. The number of nitrogens with zero attached hydrogens (tertiary/aromatic N) is 1. The van der Waals surface area contributed by atoms with Crippen LogP contribution >= 0.6 is 0 Å². The topological polar surface area (TPSA) is 66.4 Å². The summed E-state index contributed by atoms with van der Waals surface area (Å²) in [6, 6.07) is 20.8. The Bertz CT molecular complexity index is 1130. The maximum atomic E-state index is 12.7. The number of hydrogen-bond donors (Lipinski definition) is 0. The number of methoxy groups -OCH3 is 1. The van der Waals surface area contributed by atoms with Crippen molar-refractivity contribution >= 4 is 11.7 Å². The highest BCUT2D eigenvalue weighted by Gasteiger charge is 2.28. The first-order valence-corrected chi connectivity index (χ1v) is 10.2. The van der Waals surface area contributed by atoms with Crippen LogP contribution in [0.2, 0.25) is 0 Å². The molecule has 4 rings (SSSR count). The molecule has 0 saturated carbocycles. The second-order valence-electron chi connectivity index (χ2n) is 7.26. The maximum absolute atomic E-state index is 12.7. The molecule has 1 atom stereocenters. The fraction of sp³-hybridized carbons (Fsp3) is 0.200. The molecule has 3 aromatic rings. The predicted molar refractivity (Wildman–Crippen MR) is 117 cm³/mol. The largest absolute Gasteiger partial charge is 0.484 e. The zero-order chi connectivity index (χ0) is 23.2. The van der Waals surface area contributed by atoms with Crippen LogP contribution in [0.1, 0.15) is 39.6 Å². The first kappa shape index (κ1) is 22.3. The number of rotatable bonds is 7. The lowest BCUT2D eigenvalue weighted by Gasteiger charge is -2.27. The van der Waals surface area contributed by atoms with E-state index in [2.05, 4.69) is 9.89 Å². The molecular weight excluding hydrogens is 432 g/mol. The van der Waals surface area contributed by atoms with Gasteiger partial charge < -0.3 is 19.0 Å². The van der Waals surface area contributed by atoms with Crippen molar-refractivity contribution in [3.63, 3.8) is 0 Å². The van der Waals surface area contributed by atoms with Gasteiger partial charge in [0.2, 0.25) is 0 Å². The van der Waals surface area contributed by atoms with Gasteiger partial charge >= 0.3 is 12.6 Å². The van der Waals surface area contributed by atoms with Crippen LogP contribution in [0, 0.1) is 0 Å². The first-order valence-electron chi connectivity index (χ1n) is 10.2. The monoisotopic (exact) mass is 453 g/mol. The lowest BCUT2D eigenvalue weighted by Crippen LogP contribution is -2.21. The number of hydrogen-bond acceptors (Lipinski definition) is 6. The molecule has 33 heavy (non-hydrogen) atoms. The summed E-state index contributed by atoms with van der Waals surface area (Å²) in [5, 5.41) is 4.32. The zero-order valence-corrected chi connectivity index (χ0v) is 17.7. The predicted octanol–water partition coefficient (Wildman–Crippen LogP) is 5.52. The molecule has 0 aromatic heterocycles. The number of fused-ring (bicyclic) bond motifs is 1. The Hall–Kier alpha value is -3.94. The van der Waals surface area contributed by atoms with Crippen molar-refractivity contribution in [2.24, 2.45) is 5.16 Å². The highest BCUT2D eigenvalue weighted by atomic mass is 19.3. The van der Waals surface area contributed by atoms with Crippen molar-refractivity contribution < 1.29 is 32.6 Å². The van der Waals surface area contributed by atoms with Crippen LogP contribution in [-0.4, -0.2) is 25.4 Å². The number of halogens is 2. The Kier molecular flexibility index (Phi) is 6.83. The van der Waals surface area contributed by atoms with Crippen LogP contribution < -0.4 is 9.47 Å². The number of alkyl halides is 2. The van der Waals surface area contributed by atoms with Gasteiger partial charge in [-0.2, -0.15) is 8.78 Å². The van der Waals surface area contributed by atoms with E-state index in [1.807, 2.05) is 30.3 Å². The van der Waals surface area contributed by atoms with Gasteiger partial charge in [-0.1, -0.05) is 47.6 Å². The average Bonchev–Trinajstić information content (AvgIpc) is 2.83. The number of esters is 1. The van der Waals surface area contributed by atoms with Crippen molar-refractivity contribution in [3.05, 3.63) is 95.1 Å². The molecule has 1 heterocycles. The van der Waals surface area contributed by atoms with Crippen molar-refractivity contribution in [3.8, 4) is 11.5 Å². The van der Waals surface area contributed by atoms with Gasteiger partial charge in [0.25, 0.3) is 0 Å². The SMILES string of the molecule is COC(=O)c1ccc([C@H]2C/C(=N/OCc3ccccc3)c3ccc(OC(F)F)cc3O2)cc1. The molecular formula is C25H21F2NO5. The maximum Gasteiger partial charge on any atom is 0.387 e. The Morgan fingerprint density at radius 3 is 2.55 bits per heavy atom. The summed E-state index contributed by atoms with van der Waals surface area (Å²) in [7, 11) is 1.31. The van der Waals surface area contributed by atoms with Gasteiger partial charge in [0.1, 0.15) is 24.2 Å². The summed E-state index contributed by atoms with van der Waals surface area (Å²) in [6.07, 6.45) is -0.0842. The van der Waals surface area contributed by atoms with E-state index in [0.29, 0.717) is 29.0 Å². The fourth-order valence-electron chi connectivity index (χ4n) is 3.48. The van der Waals surface area contributed by atoms with Crippen molar-refractivity contribution in [1.29, 1.82) is 0 Å². The Balaban J connectivity index is 1.61. The fourth-order valence-corrected chi connectivity index (χ4v) is 3.48. The van der Waals surface area contributed by atoms with Gasteiger partial charge in [0.15, 0.2) is 0 Å². The standard InChI is InChI=1S/C25H21F2NO5/c1-30-24(29)18-9-7-17(8-10-18)22-14-21(28-31-15-16-5-3-2-4-6-16)20-12-11-19(32-25(26)27)13-23(20)33-22/h2-13,22,25H,14-15H2,1H3/b28-21-/t22-/m1/s1. The Morgan fingerprint density at radius 2 is 1.85 bits per heavy atom. The van der Waals surface area contributed by atoms with Crippen LogP contribution in [0.5, 0.6) is 11.5 Å². The molecule has 0 bridgehead atoms. The highest BCUT2D eigenvalue weighted by Crippen LogP contribution is 2.38. The third-order valence-electron chi connectivity index (χ3n) is 5.09. The Labute approximate surface area is 189 Å². The summed E-state index contributed by atoms with van der Waals surface area (Å²) in [4.78, 5) is 17.3.